The normalized spacial score (nSPS) is 12.9. The maximum atomic E-state index is 12.1. The number of halogens is 2. The molecule has 0 aliphatic carbocycles. The molecule has 2 aromatic carbocycles. The minimum Gasteiger partial charge on any atom is -0.492 e. The minimum atomic E-state index is -2.85. The maximum absolute atomic E-state index is 12.1. The lowest BCUT2D eigenvalue weighted by Gasteiger charge is -2.17. The van der Waals surface area contributed by atoms with Gasteiger partial charge in [0.05, 0.1) is 6.54 Å². The predicted molar refractivity (Wildman–Crippen MR) is 103 cm³/mol. The standard InChI is InChI=1S/C21H22F2N2O4/c22-21(23)29-16-5-1-14(2-6-16)3-9-19(26)24-11-12-28-17-7-8-18-15(13-17)4-10-20(27)25-18/h1-2,5-8,13,21H,3-4,9-12H2,(H,24,26)(H,25,27). The molecule has 0 unspecified atom stereocenters. The largest absolute Gasteiger partial charge is 0.492 e. The van der Waals surface area contributed by atoms with Crippen molar-refractivity contribution in [3.8, 4) is 11.5 Å². The zero-order valence-corrected chi connectivity index (χ0v) is 15.8. The van der Waals surface area contributed by atoms with Gasteiger partial charge in [0.15, 0.2) is 0 Å². The van der Waals surface area contributed by atoms with Gasteiger partial charge in [0.1, 0.15) is 18.1 Å². The number of anilines is 1. The Morgan fingerprint density at radius 3 is 2.62 bits per heavy atom. The number of alkyl halides is 2. The smallest absolute Gasteiger partial charge is 0.387 e. The molecule has 6 nitrogen and oxygen atoms in total. The molecule has 1 aliphatic heterocycles. The highest BCUT2D eigenvalue weighted by Crippen LogP contribution is 2.26. The Morgan fingerprint density at radius 1 is 1.10 bits per heavy atom. The first-order chi connectivity index (χ1) is 14.0. The van der Waals surface area contributed by atoms with E-state index < -0.39 is 6.61 Å². The predicted octanol–water partition coefficient (Wildman–Crippen LogP) is 3.30. The van der Waals surface area contributed by atoms with E-state index in [0.717, 1.165) is 16.8 Å². The molecule has 0 atom stereocenters. The van der Waals surface area contributed by atoms with Crippen LogP contribution in [0.5, 0.6) is 11.5 Å². The number of carbonyl (C=O) groups excluding carboxylic acids is 2. The van der Waals surface area contributed by atoms with Crippen LogP contribution in [0.4, 0.5) is 14.5 Å². The van der Waals surface area contributed by atoms with Crippen LogP contribution in [0.15, 0.2) is 42.5 Å². The van der Waals surface area contributed by atoms with Crippen LogP contribution in [0.25, 0.3) is 0 Å². The molecular weight excluding hydrogens is 382 g/mol. The SMILES string of the molecule is O=C(CCc1ccc(OC(F)F)cc1)NCCOc1ccc2c(c1)CCC(=O)N2. The van der Waals surface area contributed by atoms with Gasteiger partial charge in [0.25, 0.3) is 0 Å². The minimum absolute atomic E-state index is 0.0197. The van der Waals surface area contributed by atoms with E-state index in [9.17, 15) is 18.4 Å². The molecular formula is C21H22F2N2O4. The first-order valence-electron chi connectivity index (χ1n) is 9.35. The second kappa shape index (κ2) is 9.86. The molecule has 0 saturated carbocycles. The highest BCUT2D eigenvalue weighted by Gasteiger charge is 2.15. The lowest BCUT2D eigenvalue weighted by atomic mass is 10.0. The summed E-state index contributed by atoms with van der Waals surface area (Å²) in [4.78, 5) is 23.3. The third kappa shape index (κ3) is 6.44. The van der Waals surface area contributed by atoms with E-state index in [1.54, 1.807) is 18.2 Å². The highest BCUT2D eigenvalue weighted by molar-refractivity contribution is 5.94. The van der Waals surface area contributed by atoms with Crippen molar-refractivity contribution in [2.75, 3.05) is 18.5 Å². The molecule has 3 rings (SSSR count). The average molecular weight is 404 g/mol. The molecule has 0 aromatic heterocycles. The van der Waals surface area contributed by atoms with E-state index in [2.05, 4.69) is 15.4 Å². The second-order valence-electron chi connectivity index (χ2n) is 6.59. The van der Waals surface area contributed by atoms with Gasteiger partial charge in [-0.15, -0.1) is 0 Å². The van der Waals surface area contributed by atoms with Crippen molar-refractivity contribution < 1.29 is 27.8 Å². The summed E-state index contributed by atoms with van der Waals surface area (Å²) >= 11 is 0. The zero-order valence-electron chi connectivity index (χ0n) is 15.8. The van der Waals surface area contributed by atoms with E-state index in [1.807, 2.05) is 12.1 Å². The van der Waals surface area contributed by atoms with Crippen LogP contribution in [0.2, 0.25) is 0 Å². The number of fused-ring (bicyclic) bond motifs is 1. The number of benzene rings is 2. The van der Waals surface area contributed by atoms with Crippen molar-refractivity contribution in [1.82, 2.24) is 5.32 Å². The van der Waals surface area contributed by atoms with Gasteiger partial charge in [-0.25, -0.2) is 0 Å². The van der Waals surface area contributed by atoms with Crippen molar-refractivity contribution in [3.05, 3.63) is 53.6 Å². The van der Waals surface area contributed by atoms with Crippen molar-refractivity contribution in [2.45, 2.75) is 32.3 Å². The molecule has 2 amide bonds. The topological polar surface area (TPSA) is 76.7 Å². The van der Waals surface area contributed by atoms with Gasteiger partial charge in [-0.3, -0.25) is 9.59 Å². The van der Waals surface area contributed by atoms with Gasteiger partial charge in [0.2, 0.25) is 11.8 Å². The fourth-order valence-electron chi connectivity index (χ4n) is 2.99. The summed E-state index contributed by atoms with van der Waals surface area (Å²) < 4.78 is 34.2. The number of aryl methyl sites for hydroxylation is 2. The van der Waals surface area contributed by atoms with Crippen LogP contribution in [-0.4, -0.2) is 31.6 Å². The van der Waals surface area contributed by atoms with Gasteiger partial charge in [-0.2, -0.15) is 8.78 Å². The third-order valence-electron chi connectivity index (χ3n) is 4.45. The lowest BCUT2D eigenvalue weighted by Crippen LogP contribution is -2.28. The Hall–Kier alpha value is -3.16. The molecule has 0 spiro atoms. The second-order valence-corrected chi connectivity index (χ2v) is 6.59. The number of hydrogen-bond acceptors (Lipinski definition) is 4. The number of carbonyl (C=O) groups is 2. The van der Waals surface area contributed by atoms with Crippen LogP contribution in [-0.2, 0) is 22.4 Å². The van der Waals surface area contributed by atoms with E-state index in [-0.39, 0.29) is 24.0 Å². The fourth-order valence-corrected chi connectivity index (χ4v) is 2.99. The molecule has 29 heavy (non-hydrogen) atoms. The summed E-state index contributed by atoms with van der Waals surface area (Å²) in [5.74, 6) is 0.691. The number of ether oxygens (including phenoxy) is 2. The number of hydrogen-bond donors (Lipinski definition) is 2. The summed E-state index contributed by atoms with van der Waals surface area (Å²) in [6, 6.07) is 11.7. The molecule has 1 heterocycles. The summed E-state index contributed by atoms with van der Waals surface area (Å²) in [7, 11) is 0. The highest BCUT2D eigenvalue weighted by atomic mass is 19.3. The van der Waals surface area contributed by atoms with Crippen molar-refractivity contribution >= 4 is 17.5 Å². The van der Waals surface area contributed by atoms with Crippen LogP contribution < -0.4 is 20.1 Å². The molecule has 0 radical (unpaired) electrons. The average Bonchev–Trinajstić information content (AvgIpc) is 2.70. The van der Waals surface area contributed by atoms with Crippen LogP contribution in [0.1, 0.15) is 24.0 Å². The van der Waals surface area contributed by atoms with Crippen molar-refractivity contribution in [1.29, 1.82) is 0 Å². The van der Waals surface area contributed by atoms with E-state index in [1.165, 1.54) is 12.1 Å². The van der Waals surface area contributed by atoms with E-state index in [0.29, 0.717) is 38.2 Å². The number of nitrogens with one attached hydrogen (secondary N) is 2. The third-order valence-corrected chi connectivity index (χ3v) is 4.45. The van der Waals surface area contributed by atoms with Gasteiger partial charge in [-0.05, 0) is 54.3 Å². The van der Waals surface area contributed by atoms with Crippen LogP contribution in [0, 0.1) is 0 Å². The zero-order chi connectivity index (χ0) is 20.6. The number of amides is 2. The van der Waals surface area contributed by atoms with Gasteiger partial charge < -0.3 is 20.1 Å². The molecule has 0 fully saturated rings. The molecule has 8 heteroatoms. The van der Waals surface area contributed by atoms with Gasteiger partial charge >= 0.3 is 6.61 Å². The van der Waals surface area contributed by atoms with E-state index in [4.69, 9.17) is 4.74 Å². The Bertz CT molecular complexity index is 856. The first kappa shape index (κ1) is 20.6. The van der Waals surface area contributed by atoms with Crippen LogP contribution >= 0.6 is 0 Å². The summed E-state index contributed by atoms with van der Waals surface area (Å²) in [6.07, 6.45) is 1.94. The molecule has 2 N–H and O–H groups in total. The Morgan fingerprint density at radius 2 is 1.86 bits per heavy atom. The molecule has 1 aliphatic rings. The Labute approximate surface area is 167 Å². The Kier molecular flexibility index (Phi) is 6.99. The summed E-state index contributed by atoms with van der Waals surface area (Å²) in [5, 5.41) is 5.60. The Balaban J connectivity index is 1.34. The van der Waals surface area contributed by atoms with Crippen molar-refractivity contribution in [3.63, 3.8) is 0 Å². The summed E-state index contributed by atoms with van der Waals surface area (Å²) in [5.41, 5.74) is 2.71. The first-order valence-corrected chi connectivity index (χ1v) is 9.35. The molecule has 0 bridgehead atoms. The quantitative estimate of drug-likeness (QED) is 0.629. The van der Waals surface area contributed by atoms with Gasteiger partial charge in [-0.1, -0.05) is 12.1 Å². The molecule has 0 saturated heterocycles. The van der Waals surface area contributed by atoms with Crippen LogP contribution in [0.3, 0.4) is 0 Å². The van der Waals surface area contributed by atoms with E-state index >= 15 is 0 Å². The molecule has 154 valence electrons. The van der Waals surface area contributed by atoms with Crippen molar-refractivity contribution in [2.24, 2.45) is 0 Å². The molecule has 2 aromatic rings. The maximum Gasteiger partial charge on any atom is 0.387 e. The number of rotatable bonds is 9. The fraction of sp³-hybridized carbons (Fsp3) is 0.333. The monoisotopic (exact) mass is 404 g/mol. The lowest BCUT2D eigenvalue weighted by molar-refractivity contribution is -0.121. The summed E-state index contributed by atoms with van der Waals surface area (Å²) in [6.45, 7) is -2.15. The van der Waals surface area contributed by atoms with Gasteiger partial charge in [0, 0.05) is 18.5 Å².